The summed E-state index contributed by atoms with van der Waals surface area (Å²) in [4.78, 5) is 10.3. The van der Waals surface area contributed by atoms with Gasteiger partial charge in [-0.1, -0.05) is 0 Å². The Morgan fingerprint density at radius 3 is 2.31 bits per heavy atom. The molecule has 0 aliphatic rings. The number of carboxylic acid groups (broad SMARTS) is 1. The Labute approximate surface area is 70.8 Å². The third-order valence-corrected chi connectivity index (χ3v) is 1.39. The van der Waals surface area contributed by atoms with Crippen LogP contribution in [0.2, 0.25) is 0 Å². The van der Waals surface area contributed by atoms with Gasteiger partial charge in [-0.25, -0.2) is 4.79 Å². The van der Waals surface area contributed by atoms with Crippen molar-refractivity contribution in [3.63, 3.8) is 0 Å². The Balaban J connectivity index is 3.17. The smallest absolute Gasteiger partial charge is 0.449 e. The van der Waals surface area contributed by atoms with E-state index in [-0.39, 0.29) is 5.56 Å². The van der Waals surface area contributed by atoms with Crippen molar-refractivity contribution in [2.24, 2.45) is 0 Å². The molecule has 0 saturated carbocycles. The van der Waals surface area contributed by atoms with Crippen molar-refractivity contribution in [2.75, 3.05) is 0 Å². The lowest BCUT2D eigenvalue weighted by Crippen LogP contribution is -2.02. The second-order valence-corrected chi connectivity index (χ2v) is 2.43. The van der Waals surface area contributed by atoms with Crippen molar-refractivity contribution in [1.29, 1.82) is 0 Å². The second-order valence-electron chi connectivity index (χ2n) is 2.43. The van der Waals surface area contributed by atoms with Crippen LogP contribution in [0.15, 0.2) is 10.5 Å². The number of hydrogen-bond donors (Lipinski definition) is 1. The van der Waals surface area contributed by atoms with Gasteiger partial charge >= 0.3 is 12.1 Å². The molecule has 0 spiro atoms. The number of carbonyl (C=O) groups is 1. The molecule has 1 heterocycles. The molecule has 6 heteroatoms. The molecule has 0 saturated heterocycles. The van der Waals surface area contributed by atoms with Crippen LogP contribution < -0.4 is 0 Å². The number of rotatable bonds is 1. The van der Waals surface area contributed by atoms with Crippen LogP contribution in [0.4, 0.5) is 13.2 Å². The molecule has 1 aromatic heterocycles. The molecule has 0 bridgehead atoms. The van der Waals surface area contributed by atoms with E-state index in [1.54, 1.807) is 0 Å². The summed E-state index contributed by atoms with van der Waals surface area (Å²) in [6.45, 7) is 1.24. The van der Waals surface area contributed by atoms with E-state index < -0.39 is 23.7 Å². The quantitative estimate of drug-likeness (QED) is 0.746. The molecule has 0 radical (unpaired) electrons. The van der Waals surface area contributed by atoms with Gasteiger partial charge in [-0.15, -0.1) is 0 Å². The number of aryl methyl sites for hydroxylation is 1. The molecule has 0 amide bonds. The number of alkyl halides is 3. The monoisotopic (exact) mass is 194 g/mol. The van der Waals surface area contributed by atoms with Crippen LogP contribution in [0.1, 0.15) is 21.9 Å². The zero-order chi connectivity index (χ0) is 10.2. The van der Waals surface area contributed by atoms with Crippen molar-refractivity contribution in [1.82, 2.24) is 0 Å². The minimum Gasteiger partial charge on any atom is -0.475 e. The van der Waals surface area contributed by atoms with Crippen LogP contribution >= 0.6 is 0 Å². The van der Waals surface area contributed by atoms with Crippen molar-refractivity contribution in [2.45, 2.75) is 13.1 Å². The molecule has 1 N–H and O–H groups in total. The lowest BCUT2D eigenvalue weighted by Gasteiger charge is -1.99. The minimum atomic E-state index is -4.64. The van der Waals surface area contributed by atoms with Crippen LogP contribution in [0.3, 0.4) is 0 Å². The lowest BCUT2D eigenvalue weighted by molar-refractivity contribution is -0.153. The summed E-state index contributed by atoms with van der Waals surface area (Å²) in [7, 11) is 0. The normalized spacial score (nSPS) is 11.7. The predicted molar refractivity (Wildman–Crippen MR) is 35.4 cm³/mol. The van der Waals surface area contributed by atoms with Gasteiger partial charge in [0.25, 0.3) is 0 Å². The molecular formula is C7H5F3O3. The highest BCUT2D eigenvalue weighted by Gasteiger charge is 2.36. The summed E-state index contributed by atoms with van der Waals surface area (Å²) >= 11 is 0. The SMILES string of the molecule is Cc1cc(C(F)(F)F)oc1C(=O)O. The van der Waals surface area contributed by atoms with E-state index in [1.165, 1.54) is 6.92 Å². The van der Waals surface area contributed by atoms with Gasteiger partial charge in [-0.3, -0.25) is 0 Å². The van der Waals surface area contributed by atoms with Crippen LogP contribution in [-0.2, 0) is 6.18 Å². The molecule has 0 fully saturated rings. The lowest BCUT2D eigenvalue weighted by atomic mass is 10.2. The molecule has 0 unspecified atom stereocenters. The van der Waals surface area contributed by atoms with E-state index in [4.69, 9.17) is 5.11 Å². The number of carboxylic acids is 1. The largest absolute Gasteiger partial charge is 0.475 e. The fraction of sp³-hybridized carbons (Fsp3) is 0.286. The van der Waals surface area contributed by atoms with Crippen LogP contribution in [0.25, 0.3) is 0 Å². The van der Waals surface area contributed by atoms with Gasteiger partial charge in [0.05, 0.1) is 0 Å². The average Bonchev–Trinajstić information content (AvgIpc) is 2.29. The zero-order valence-electron chi connectivity index (χ0n) is 6.47. The summed E-state index contributed by atoms with van der Waals surface area (Å²) in [5, 5.41) is 8.38. The number of hydrogen-bond acceptors (Lipinski definition) is 2. The third-order valence-electron chi connectivity index (χ3n) is 1.39. The number of furan rings is 1. The highest BCUT2D eigenvalue weighted by atomic mass is 19.4. The van der Waals surface area contributed by atoms with Gasteiger partial charge in [0.1, 0.15) is 0 Å². The zero-order valence-corrected chi connectivity index (χ0v) is 6.47. The molecule has 72 valence electrons. The van der Waals surface area contributed by atoms with Crippen molar-refractivity contribution >= 4 is 5.97 Å². The highest BCUT2D eigenvalue weighted by Crippen LogP contribution is 2.32. The van der Waals surface area contributed by atoms with E-state index in [1.807, 2.05) is 0 Å². The topological polar surface area (TPSA) is 50.4 Å². The maximum absolute atomic E-state index is 12.0. The second kappa shape index (κ2) is 2.79. The first kappa shape index (κ1) is 9.63. The average molecular weight is 194 g/mol. The highest BCUT2D eigenvalue weighted by molar-refractivity contribution is 5.86. The molecule has 13 heavy (non-hydrogen) atoms. The molecule has 0 aliphatic carbocycles. The predicted octanol–water partition coefficient (Wildman–Crippen LogP) is 2.31. The summed E-state index contributed by atoms with van der Waals surface area (Å²) in [5.41, 5.74) is -0.0418. The van der Waals surface area contributed by atoms with Gasteiger partial charge in [-0.05, 0) is 13.0 Å². The fourth-order valence-corrected chi connectivity index (χ4v) is 0.834. The third kappa shape index (κ3) is 1.82. The first-order chi connectivity index (χ1) is 5.82. The number of aromatic carboxylic acids is 1. The minimum absolute atomic E-state index is 0.0418. The first-order valence-corrected chi connectivity index (χ1v) is 3.23. The molecule has 1 aromatic rings. The van der Waals surface area contributed by atoms with Crippen molar-refractivity contribution in [3.8, 4) is 0 Å². The Hall–Kier alpha value is -1.46. The molecule has 1 rings (SSSR count). The summed E-state index contributed by atoms with van der Waals surface area (Å²) in [5.74, 6) is -3.47. The Kier molecular flexibility index (Phi) is 2.07. The van der Waals surface area contributed by atoms with Gasteiger partial charge < -0.3 is 9.52 Å². The van der Waals surface area contributed by atoms with E-state index >= 15 is 0 Å². The first-order valence-electron chi connectivity index (χ1n) is 3.23. The summed E-state index contributed by atoms with van der Waals surface area (Å²) in [6, 6.07) is 0.656. The van der Waals surface area contributed by atoms with E-state index in [0.717, 1.165) is 0 Å². The standard InChI is InChI=1S/C7H5F3O3/c1-3-2-4(7(8,9)10)13-5(3)6(11)12/h2H,1H3,(H,11,12). The van der Waals surface area contributed by atoms with Crippen molar-refractivity contribution < 1.29 is 27.5 Å². The number of halogens is 3. The Morgan fingerprint density at radius 1 is 1.54 bits per heavy atom. The van der Waals surface area contributed by atoms with Gasteiger partial charge in [0.2, 0.25) is 11.5 Å². The van der Waals surface area contributed by atoms with Crippen molar-refractivity contribution in [3.05, 3.63) is 23.2 Å². The summed E-state index contributed by atoms with van der Waals surface area (Å²) in [6.07, 6.45) is -4.64. The Morgan fingerprint density at radius 2 is 2.08 bits per heavy atom. The maximum Gasteiger partial charge on any atom is 0.449 e. The van der Waals surface area contributed by atoms with Gasteiger partial charge in [0, 0.05) is 5.56 Å². The van der Waals surface area contributed by atoms with E-state index in [9.17, 15) is 18.0 Å². The van der Waals surface area contributed by atoms with Gasteiger partial charge in [-0.2, -0.15) is 13.2 Å². The molecule has 0 aromatic carbocycles. The van der Waals surface area contributed by atoms with Crippen LogP contribution in [0, 0.1) is 6.92 Å². The van der Waals surface area contributed by atoms with E-state index in [2.05, 4.69) is 4.42 Å². The molecular weight excluding hydrogens is 189 g/mol. The molecule has 3 nitrogen and oxygen atoms in total. The Bertz CT molecular complexity index is 337. The molecule has 0 atom stereocenters. The summed E-state index contributed by atoms with van der Waals surface area (Å²) < 4.78 is 40.0. The maximum atomic E-state index is 12.0. The fourth-order valence-electron chi connectivity index (χ4n) is 0.834. The van der Waals surface area contributed by atoms with Crippen LogP contribution in [-0.4, -0.2) is 11.1 Å². The van der Waals surface area contributed by atoms with Gasteiger partial charge in [0.15, 0.2) is 0 Å². The van der Waals surface area contributed by atoms with E-state index in [0.29, 0.717) is 6.07 Å². The molecule has 0 aliphatic heterocycles. The van der Waals surface area contributed by atoms with Crippen LogP contribution in [0.5, 0.6) is 0 Å².